The fourth-order valence-corrected chi connectivity index (χ4v) is 2.64. The van der Waals surface area contributed by atoms with E-state index in [0.717, 1.165) is 11.3 Å². The Bertz CT molecular complexity index is 566. The highest BCUT2D eigenvalue weighted by Gasteiger charge is 2.14. The van der Waals surface area contributed by atoms with Gasteiger partial charge in [-0.25, -0.2) is 0 Å². The van der Waals surface area contributed by atoms with Gasteiger partial charge in [-0.15, -0.1) is 11.3 Å². The topological polar surface area (TPSA) is 79.5 Å². The van der Waals surface area contributed by atoms with E-state index in [0.29, 0.717) is 24.7 Å². The molecule has 2 heterocycles. The average Bonchev–Trinajstić information content (AvgIpc) is 3.07. The number of aliphatic carboxylic acids is 1. The largest absolute Gasteiger partial charge is 0.480 e. The minimum absolute atomic E-state index is 0.0575. The molecule has 114 valence electrons. The summed E-state index contributed by atoms with van der Waals surface area (Å²) in [6.07, 6.45) is 1.44. The summed E-state index contributed by atoms with van der Waals surface area (Å²) in [4.78, 5) is 18.1. The second-order valence-corrected chi connectivity index (χ2v) is 6.00. The molecule has 6 nitrogen and oxygen atoms in total. The van der Waals surface area contributed by atoms with Crippen molar-refractivity contribution in [3.8, 4) is 10.7 Å². The quantitative estimate of drug-likeness (QED) is 0.807. The molecule has 2 aromatic rings. The number of aromatic nitrogens is 2. The number of carbonyl (C=O) groups is 1. The molecule has 0 atom stereocenters. The molecular weight excluding hydrogens is 290 g/mol. The lowest BCUT2D eigenvalue weighted by Gasteiger charge is -2.23. The van der Waals surface area contributed by atoms with E-state index in [4.69, 9.17) is 9.63 Å². The summed E-state index contributed by atoms with van der Waals surface area (Å²) in [6, 6.07) is 4.10. The molecule has 0 unspecified atom stereocenters. The van der Waals surface area contributed by atoms with Crippen LogP contribution < -0.4 is 0 Å². The zero-order valence-corrected chi connectivity index (χ0v) is 13.0. The van der Waals surface area contributed by atoms with Crippen LogP contribution >= 0.6 is 11.3 Å². The van der Waals surface area contributed by atoms with Crippen LogP contribution in [0.1, 0.15) is 26.2 Å². The molecule has 0 saturated heterocycles. The highest BCUT2D eigenvalue weighted by atomic mass is 32.1. The van der Waals surface area contributed by atoms with Gasteiger partial charge in [0.25, 0.3) is 0 Å². The zero-order chi connectivity index (χ0) is 15.2. The van der Waals surface area contributed by atoms with Gasteiger partial charge < -0.3 is 9.63 Å². The van der Waals surface area contributed by atoms with Crippen molar-refractivity contribution in [3.05, 3.63) is 23.4 Å². The van der Waals surface area contributed by atoms with Crippen LogP contribution in [0.2, 0.25) is 0 Å². The van der Waals surface area contributed by atoms with Crippen LogP contribution in [-0.2, 0) is 11.2 Å². The van der Waals surface area contributed by atoms with E-state index in [1.807, 2.05) is 36.3 Å². The van der Waals surface area contributed by atoms with Gasteiger partial charge in [-0.2, -0.15) is 4.98 Å². The van der Waals surface area contributed by atoms with Crippen LogP contribution in [0.15, 0.2) is 22.0 Å². The highest BCUT2D eigenvalue weighted by molar-refractivity contribution is 7.13. The van der Waals surface area contributed by atoms with Crippen LogP contribution in [0.3, 0.4) is 0 Å². The smallest absolute Gasteiger partial charge is 0.317 e. The molecule has 0 radical (unpaired) electrons. The normalized spacial score (nSPS) is 11.4. The van der Waals surface area contributed by atoms with Crippen molar-refractivity contribution in [3.63, 3.8) is 0 Å². The Labute approximate surface area is 127 Å². The Hall–Kier alpha value is -1.73. The number of carboxylic acids is 1. The minimum atomic E-state index is -0.804. The van der Waals surface area contributed by atoms with E-state index in [2.05, 4.69) is 10.1 Å². The second kappa shape index (κ2) is 7.33. The van der Waals surface area contributed by atoms with Crippen LogP contribution in [0.4, 0.5) is 0 Å². The van der Waals surface area contributed by atoms with Crippen molar-refractivity contribution < 1.29 is 14.4 Å². The van der Waals surface area contributed by atoms with Gasteiger partial charge in [0.15, 0.2) is 0 Å². The van der Waals surface area contributed by atoms with E-state index in [1.165, 1.54) is 0 Å². The molecule has 0 aromatic carbocycles. The predicted molar refractivity (Wildman–Crippen MR) is 80.3 cm³/mol. The van der Waals surface area contributed by atoms with Gasteiger partial charge in [0.05, 0.1) is 11.4 Å². The van der Waals surface area contributed by atoms with Gasteiger partial charge in [0.2, 0.25) is 11.7 Å². The van der Waals surface area contributed by atoms with E-state index in [-0.39, 0.29) is 12.6 Å². The molecule has 0 fully saturated rings. The molecule has 0 bridgehead atoms. The Morgan fingerprint density at radius 1 is 1.52 bits per heavy atom. The zero-order valence-electron chi connectivity index (χ0n) is 12.2. The maximum atomic E-state index is 10.8. The first-order valence-electron chi connectivity index (χ1n) is 6.88. The van der Waals surface area contributed by atoms with E-state index in [9.17, 15) is 4.79 Å². The van der Waals surface area contributed by atoms with Crippen molar-refractivity contribution >= 4 is 17.3 Å². The fourth-order valence-electron chi connectivity index (χ4n) is 1.99. The van der Waals surface area contributed by atoms with Crippen LogP contribution in [0.5, 0.6) is 0 Å². The number of hydrogen-bond donors (Lipinski definition) is 1. The van der Waals surface area contributed by atoms with Crippen LogP contribution in [-0.4, -0.2) is 45.2 Å². The molecule has 2 rings (SSSR count). The Balaban J connectivity index is 1.84. The molecule has 21 heavy (non-hydrogen) atoms. The molecule has 1 N–H and O–H groups in total. The molecular formula is C14H19N3O3S. The maximum Gasteiger partial charge on any atom is 0.317 e. The van der Waals surface area contributed by atoms with E-state index >= 15 is 0 Å². The fraction of sp³-hybridized carbons (Fsp3) is 0.500. The Morgan fingerprint density at radius 2 is 2.33 bits per heavy atom. The lowest BCUT2D eigenvalue weighted by molar-refractivity contribution is -0.138. The molecule has 0 amide bonds. The van der Waals surface area contributed by atoms with Gasteiger partial charge in [0, 0.05) is 12.5 Å². The molecule has 0 aliphatic carbocycles. The van der Waals surface area contributed by atoms with Gasteiger partial charge in [0.1, 0.15) is 0 Å². The molecule has 0 aliphatic heterocycles. The summed E-state index contributed by atoms with van der Waals surface area (Å²) >= 11 is 1.57. The predicted octanol–water partition coefficient (Wildman–Crippen LogP) is 2.53. The van der Waals surface area contributed by atoms with Crippen molar-refractivity contribution in [2.24, 2.45) is 0 Å². The maximum absolute atomic E-state index is 10.8. The van der Waals surface area contributed by atoms with Crippen LogP contribution in [0.25, 0.3) is 10.7 Å². The van der Waals surface area contributed by atoms with Gasteiger partial charge >= 0.3 is 5.97 Å². The first kappa shape index (κ1) is 15.7. The first-order chi connectivity index (χ1) is 10.1. The van der Waals surface area contributed by atoms with Crippen molar-refractivity contribution in [1.82, 2.24) is 15.0 Å². The number of thiophene rings is 1. The summed E-state index contributed by atoms with van der Waals surface area (Å²) in [5, 5.41) is 14.8. The third-order valence-corrected chi connectivity index (χ3v) is 3.98. The first-order valence-corrected chi connectivity index (χ1v) is 7.76. The van der Waals surface area contributed by atoms with Crippen molar-refractivity contribution in [2.75, 3.05) is 13.1 Å². The monoisotopic (exact) mass is 309 g/mol. The van der Waals surface area contributed by atoms with Gasteiger partial charge in [-0.05, 0) is 38.3 Å². The minimum Gasteiger partial charge on any atom is -0.480 e. The Morgan fingerprint density at radius 3 is 2.95 bits per heavy atom. The van der Waals surface area contributed by atoms with Crippen molar-refractivity contribution in [1.29, 1.82) is 0 Å². The Kier molecular flexibility index (Phi) is 5.46. The lowest BCUT2D eigenvalue weighted by Crippen LogP contribution is -2.36. The van der Waals surface area contributed by atoms with E-state index < -0.39 is 5.97 Å². The van der Waals surface area contributed by atoms with E-state index in [1.54, 1.807) is 11.3 Å². The number of hydrogen-bond acceptors (Lipinski definition) is 6. The number of carboxylic acid groups (broad SMARTS) is 1. The molecule has 7 heteroatoms. The third kappa shape index (κ3) is 4.64. The second-order valence-electron chi connectivity index (χ2n) is 5.05. The molecule has 0 saturated carbocycles. The lowest BCUT2D eigenvalue weighted by atomic mass is 10.2. The number of aryl methyl sites for hydroxylation is 1. The highest BCUT2D eigenvalue weighted by Crippen LogP contribution is 2.21. The molecule has 0 spiro atoms. The summed E-state index contributed by atoms with van der Waals surface area (Å²) in [5.74, 6) is 0.408. The average molecular weight is 309 g/mol. The summed E-state index contributed by atoms with van der Waals surface area (Å²) < 4.78 is 5.22. The summed E-state index contributed by atoms with van der Waals surface area (Å²) in [7, 11) is 0. The van der Waals surface area contributed by atoms with Crippen LogP contribution in [0, 0.1) is 0 Å². The van der Waals surface area contributed by atoms with Crippen molar-refractivity contribution in [2.45, 2.75) is 32.7 Å². The standard InChI is InChI=1S/C14H19N3O3S/c1-10(2)17(9-13(18)19)7-3-6-12-15-14(16-20-12)11-5-4-8-21-11/h4-5,8,10H,3,6-7,9H2,1-2H3,(H,18,19). The number of rotatable bonds is 8. The summed E-state index contributed by atoms with van der Waals surface area (Å²) in [6.45, 7) is 4.73. The van der Waals surface area contributed by atoms with Gasteiger partial charge in [-0.3, -0.25) is 9.69 Å². The SMILES string of the molecule is CC(C)N(CCCc1nc(-c2cccs2)no1)CC(=O)O. The molecule has 2 aromatic heterocycles. The molecule has 0 aliphatic rings. The summed E-state index contributed by atoms with van der Waals surface area (Å²) in [5.41, 5.74) is 0. The number of nitrogens with zero attached hydrogens (tertiary/aromatic N) is 3. The van der Waals surface area contributed by atoms with Gasteiger partial charge in [-0.1, -0.05) is 11.2 Å². The third-order valence-electron chi connectivity index (χ3n) is 3.11.